The Morgan fingerprint density at radius 1 is 1.46 bits per heavy atom. The van der Waals surface area contributed by atoms with E-state index in [1.54, 1.807) is 6.08 Å². The summed E-state index contributed by atoms with van der Waals surface area (Å²) < 4.78 is 13.0. The lowest BCUT2D eigenvalue weighted by atomic mass is 10.2. The normalized spacial score (nSPS) is 10.6. The molecule has 1 rings (SSSR count). The van der Waals surface area contributed by atoms with Crippen LogP contribution < -0.4 is 0 Å². The second-order valence-electron chi connectivity index (χ2n) is 2.47. The molecule has 1 aromatic rings. The van der Waals surface area contributed by atoms with Crippen molar-refractivity contribution in [2.24, 2.45) is 0 Å². The Morgan fingerprint density at radius 3 is 2.92 bits per heavy atom. The Balaban J connectivity index is 2.86. The average Bonchev–Trinajstić information content (AvgIpc) is 2.11. The zero-order valence-electron chi connectivity index (χ0n) is 6.84. The molecule has 0 unspecified atom stereocenters. The zero-order chi connectivity index (χ0) is 9.68. The van der Waals surface area contributed by atoms with Gasteiger partial charge in [0, 0.05) is 17.0 Å². The lowest BCUT2D eigenvalue weighted by Gasteiger charge is -1.96. The van der Waals surface area contributed by atoms with Gasteiger partial charge in [0.05, 0.1) is 0 Å². The molecular formula is C10H8ClFO. The van der Waals surface area contributed by atoms with Crippen molar-refractivity contribution in [3.8, 4) is 0 Å². The van der Waals surface area contributed by atoms with Crippen molar-refractivity contribution in [1.82, 2.24) is 0 Å². The van der Waals surface area contributed by atoms with Gasteiger partial charge in [0.2, 0.25) is 0 Å². The van der Waals surface area contributed by atoms with Gasteiger partial charge in [-0.25, -0.2) is 4.39 Å². The fraction of sp³-hybridized carbons (Fsp3) is 0.100. The van der Waals surface area contributed by atoms with E-state index in [4.69, 9.17) is 11.6 Å². The first-order valence-electron chi connectivity index (χ1n) is 3.79. The molecule has 13 heavy (non-hydrogen) atoms. The van der Waals surface area contributed by atoms with Gasteiger partial charge in [-0.3, -0.25) is 0 Å². The van der Waals surface area contributed by atoms with Crippen molar-refractivity contribution < 1.29 is 9.18 Å². The number of carbonyl (C=O) groups excluding carboxylic acids is 1. The topological polar surface area (TPSA) is 17.1 Å². The fourth-order valence-corrected chi connectivity index (χ4v) is 1.07. The first kappa shape index (κ1) is 9.93. The lowest BCUT2D eigenvalue weighted by molar-refractivity contribution is -0.107. The quantitative estimate of drug-likeness (QED) is 0.683. The van der Waals surface area contributed by atoms with Crippen LogP contribution in [0.3, 0.4) is 0 Å². The highest BCUT2D eigenvalue weighted by atomic mass is 35.5. The Hall–Kier alpha value is -1.15. The van der Waals surface area contributed by atoms with Crippen molar-refractivity contribution in [1.29, 1.82) is 0 Å². The smallest absolute Gasteiger partial charge is 0.130 e. The third-order valence-corrected chi connectivity index (χ3v) is 1.72. The maximum atomic E-state index is 13.0. The van der Waals surface area contributed by atoms with Crippen LogP contribution in [0.25, 0.3) is 6.08 Å². The summed E-state index contributed by atoms with van der Waals surface area (Å²) in [6.07, 6.45) is 4.16. The predicted octanol–water partition coefficient (Wildman–Crippen LogP) is 3.08. The molecule has 0 aliphatic heterocycles. The third kappa shape index (κ3) is 2.99. The fourth-order valence-electron chi connectivity index (χ4n) is 0.893. The van der Waals surface area contributed by atoms with Crippen LogP contribution in [-0.4, -0.2) is 6.29 Å². The van der Waals surface area contributed by atoms with Gasteiger partial charge in [-0.2, -0.15) is 0 Å². The molecule has 0 spiro atoms. The summed E-state index contributed by atoms with van der Waals surface area (Å²) in [7, 11) is 0. The summed E-state index contributed by atoms with van der Waals surface area (Å²) in [6, 6.07) is 4.29. The van der Waals surface area contributed by atoms with E-state index >= 15 is 0 Å². The highest BCUT2D eigenvalue weighted by Gasteiger charge is 1.97. The molecule has 68 valence electrons. The molecule has 0 amide bonds. The Morgan fingerprint density at radius 2 is 2.23 bits per heavy atom. The van der Waals surface area contributed by atoms with Gasteiger partial charge in [-0.1, -0.05) is 23.8 Å². The van der Waals surface area contributed by atoms with Gasteiger partial charge in [0.15, 0.2) is 0 Å². The third-order valence-electron chi connectivity index (χ3n) is 1.49. The molecule has 0 aromatic heterocycles. The van der Waals surface area contributed by atoms with E-state index in [1.165, 1.54) is 24.3 Å². The van der Waals surface area contributed by atoms with E-state index in [9.17, 15) is 9.18 Å². The molecule has 1 aromatic carbocycles. The molecule has 1 nitrogen and oxygen atoms in total. The second-order valence-corrected chi connectivity index (χ2v) is 2.91. The molecule has 0 N–H and O–H groups in total. The first-order chi connectivity index (χ1) is 6.24. The Labute approximate surface area is 80.8 Å². The predicted molar refractivity (Wildman–Crippen MR) is 51.1 cm³/mol. The van der Waals surface area contributed by atoms with Crippen LogP contribution in [0.2, 0.25) is 5.02 Å². The van der Waals surface area contributed by atoms with E-state index in [0.29, 0.717) is 10.6 Å². The first-order valence-corrected chi connectivity index (χ1v) is 4.17. The lowest BCUT2D eigenvalue weighted by Crippen LogP contribution is -1.80. The van der Waals surface area contributed by atoms with Crippen LogP contribution in [0.1, 0.15) is 12.0 Å². The minimum atomic E-state index is -0.341. The molecule has 0 fully saturated rings. The van der Waals surface area contributed by atoms with Gasteiger partial charge in [-0.05, 0) is 18.2 Å². The van der Waals surface area contributed by atoms with Crippen LogP contribution >= 0.6 is 11.6 Å². The molecule has 0 saturated carbocycles. The van der Waals surface area contributed by atoms with Crippen molar-refractivity contribution in [3.63, 3.8) is 0 Å². The van der Waals surface area contributed by atoms with Crippen LogP contribution in [0, 0.1) is 5.82 Å². The van der Waals surface area contributed by atoms with E-state index in [0.717, 1.165) is 6.29 Å². The van der Waals surface area contributed by atoms with Crippen LogP contribution in [-0.2, 0) is 4.79 Å². The van der Waals surface area contributed by atoms with Crippen molar-refractivity contribution in [2.75, 3.05) is 0 Å². The minimum absolute atomic E-state index is 0.284. The standard InChI is InChI=1S/C10H8ClFO/c11-9-4-5-10(12)8(7-9)3-1-2-6-13/h1,3-7H,2H2. The van der Waals surface area contributed by atoms with Gasteiger partial charge < -0.3 is 4.79 Å². The van der Waals surface area contributed by atoms with Crippen molar-refractivity contribution in [3.05, 3.63) is 40.7 Å². The maximum absolute atomic E-state index is 13.0. The van der Waals surface area contributed by atoms with Crippen LogP contribution in [0.5, 0.6) is 0 Å². The summed E-state index contributed by atoms with van der Waals surface area (Å²) in [4.78, 5) is 9.98. The van der Waals surface area contributed by atoms with Crippen molar-refractivity contribution in [2.45, 2.75) is 6.42 Å². The minimum Gasteiger partial charge on any atom is -0.303 e. The highest BCUT2D eigenvalue weighted by molar-refractivity contribution is 6.30. The number of allylic oxidation sites excluding steroid dienone is 1. The summed E-state index contributed by atoms with van der Waals surface area (Å²) in [6.45, 7) is 0. The number of hydrogen-bond donors (Lipinski definition) is 0. The number of hydrogen-bond acceptors (Lipinski definition) is 1. The molecule has 0 bridgehead atoms. The average molecular weight is 199 g/mol. The van der Waals surface area contributed by atoms with Crippen LogP contribution in [0.15, 0.2) is 24.3 Å². The van der Waals surface area contributed by atoms with Gasteiger partial charge >= 0.3 is 0 Å². The highest BCUT2D eigenvalue weighted by Crippen LogP contribution is 2.16. The Bertz CT molecular complexity index is 334. The van der Waals surface area contributed by atoms with Gasteiger partial charge in [0.1, 0.15) is 12.1 Å². The molecule has 0 aliphatic carbocycles. The summed E-state index contributed by atoms with van der Waals surface area (Å²) in [5.74, 6) is -0.341. The second kappa shape index (κ2) is 4.77. The summed E-state index contributed by atoms with van der Waals surface area (Å²) in [5.41, 5.74) is 0.398. The SMILES string of the molecule is O=CCC=Cc1cc(Cl)ccc1F. The number of halogens is 2. The number of carbonyl (C=O) groups is 1. The largest absolute Gasteiger partial charge is 0.303 e. The monoisotopic (exact) mass is 198 g/mol. The van der Waals surface area contributed by atoms with Crippen LogP contribution in [0.4, 0.5) is 4.39 Å². The van der Waals surface area contributed by atoms with E-state index in [1.807, 2.05) is 0 Å². The van der Waals surface area contributed by atoms with Gasteiger partial charge in [0.25, 0.3) is 0 Å². The summed E-state index contributed by atoms with van der Waals surface area (Å²) >= 11 is 5.66. The molecule has 0 heterocycles. The number of benzene rings is 1. The molecule has 0 atom stereocenters. The number of aldehydes is 1. The zero-order valence-corrected chi connectivity index (χ0v) is 7.59. The van der Waals surface area contributed by atoms with E-state index in [2.05, 4.69) is 0 Å². The molecule has 0 saturated heterocycles. The Kier molecular flexibility index (Phi) is 3.65. The van der Waals surface area contributed by atoms with Gasteiger partial charge in [-0.15, -0.1) is 0 Å². The number of rotatable bonds is 3. The van der Waals surface area contributed by atoms with E-state index < -0.39 is 0 Å². The molecule has 0 aliphatic rings. The molecule has 0 radical (unpaired) electrons. The molecular weight excluding hydrogens is 191 g/mol. The van der Waals surface area contributed by atoms with E-state index in [-0.39, 0.29) is 12.2 Å². The summed E-state index contributed by atoms with van der Waals surface area (Å²) in [5, 5.41) is 0.479. The van der Waals surface area contributed by atoms with Crippen molar-refractivity contribution >= 4 is 24.0 Å². The molecule has 3 heteroatoms. The maximum Gasteiger partial charge on any atom is 0.130 e.